The van der Waals surface area contributed by atoms with E-state index in [9.17, 15) is 19.2 Å². The molecule has 1 saturated heterocycles. The second-order valence-corrected chi connectivity index (χ2v) is 7.71. The molecule has 1 atom stereocenters. The fourth-order valence-corrected chi connectivity index (χ4v) is 4.16. The Morgan fingerprint density at radius 2 is 1.69 bits per heavy atom. The van der Waals surface area contributed by atoms with E-state index in [1.807, 2.05) is 36.4 Å². The standard InChI is InChI=1S/C23H23N3O6/c27-20-12-19(22(29)30)26(25-20)21(28)10-5-11-24-23(31)32-13-18-16-8-3-1-6-14(16)15-7-2-4-9-17(15)18/h1-4,6-9,18-19H,5,10-13H2,(H,24,31)(H,25,27)(H,29,30). The Balaban J connectivity index is 1.24. The van der Waals surface area contributed by atoms with Gasteiger partial charge in [0.1, 0.15) is 6.61 Å². The molecule has 1 heterocycles. The summed E-state index contributed by atoms with van der Waals surface area (Å²) in [6.45, 7) is 0.376. The van der Waals surface area contributed by atoms with Crippen LogP contribution in [0, 0.1) is 0 Å². The number of hydrogen-bond donors (Lipinski definition) is 3. The number of nitrogens with one attached hydrogen (secondary N) is 2. The van der Waals surface area contributed by atoms with Gasteiger partial charge in [0, 0.05) is 18.9 Å². The molecule has 3 N–H and O–H groups in total. The molecular weight excluding hydrogens is 414 g/mol. The highest BCUT2D eigenvalue weighted by Crippen LogP contribution is 2.44. The number of carbonyl (C=O) groups excluding carboxylic acids is 3. The Hall–Kier alpha value is -3.88. The number of carboxylic acids is 1. The largest absolute Gasteiger partial charge is 0.480 e. The molecule has 4 rings (SSSR count). The molecule has 9 nitrogen and oxygen atoms in total. The maximum atomic E-state index is 12.2. The van der Waals surface area contributed by atoms with E-state index in [1.54, 1.807) is 0 Å². The van der Waals surface area contributed by atoms with Crippen molar-refractivity contribution in [2.75, 3.05) is 13.2 Å². The van der Waals surface area contributed by atoms with Crippen LogP contribution in [-0.2, 0) is 19.1 Å². The smallest absolute Gasteiger partial charge is 0.407 e. The minimum atomic E-state index is -1.24. The first-order chi connectivity index (χ1) is 15.5. The summed E-state index contributed by atoms with van der Waals surface area (Å²) in [4.78, 5) is 46.9. The van der Waals surface area contributed by atoms with Gasteiger partial charge in [0.15, 0.2) is 6.04 Å². The number of hydrogen-bond acceptors (Lipinski definition) is 5. The number of hydrazine groups is 1. The van der Waals surface area contributed by atoms with Crippen LogP contribution >= 0.6 is 0 Å². The van der Waals surface area contributed by atoms with Crippen molar-refractivity contribution >= 4 is 23.9 Å². The first-order valence-corrected chi connectivity index (χ1v) is 10.4. The highest BCUT2D eigenvalue weighted by atomic mass is 16.5. The molecule has 2 aromatic carbocycles. The van der Waals surface area contributed by atoms with Crippen LogP contribution in [0.4, 0.5) is 4.79 Å². The van der Waals surface area contributed by atoms with Gasteiger partial charge in [-0.2, -0.15) is 0 Å². The summed E-state index contributed by atoms with van der Waals surface area (Å²) in [7, 11) is 0. The maximum absolute atomic E-state index is 12.2. The fourth-order valence-electron chi connectivity index (χ4n) is 4.16. The molecule has 0 radical (unpaired) electrons. The van der Waals surface area contributed by atoms with E-state index in [0.29, 0.717) is 0 Å². The zero-order valence-electron chi connectivity index (χ0n) is 17.2. The lowest BCUT2D eigenvalue weighted by Crippen LogP contribution is -2.46. The van der Waals surface area contributed by atoms with Gasteiger partial charge in [0.05, 0.1) is 6.42 Å². The molecule has 0 aromatic heterocycles. The van der Waals surface area contributed by atoms with Crippen LogP contribution in [0.1, 0.15) is 36.3 Å². The monoisotopic (exact) mass is 437 g/mol. The van der Waals surface area contributed by atoms with Crippen molar-refractivity contribution in [3.05, 3.63) is 59.7 Å². The molecule has 0 spiro atoms. The Bertz CT molecular complexity index is 1020. The lowest BCUT2D eigenvalue weighted by molar-refractivity contribution is -0.150. The third kappa shape index (κ3) is 4.27. The minimum absolute atomic E-state index is 0.0201. The number of alkyl carbamates (subject to hydrolysis) is 1. The normalized spacial score (nSPS) is 16.8. The summed E-state index contributed by atoms with van der Waals surface area (Å²) in [5, 5.41) is 12.6. The Labute approximate surface area is 184 Å². The zero-order chi connectivity index (χ0) is 22.7. The van der Waals surface area contributed by atoms with Crippen molar-refractivity contribution in [3.63, 3.8) is 0 Å². The second-order valence-electron chi connectivity index (χ2n) is 7.71. The maximum Gasteiger partial charge on any atom is 0.407 e. The molecule has 1 fully saturated rings. The summed E-state index contributed by atoms with van der Waals surface area (Å²) >= 11 is 0. The molecule has 2 aliphatic rings. The molecule has 1 aliphatic heterocycles. The number of rotatable bonds is 7. The summed E-state index contributed by atoms with van der Waals surface area (Å²) in [5.41, 5.74) is 6.78. The van der Waals surface area contributed by atoms with Gasteiger partial charge in [-0.15, -0.1) is 0 Å². The lowest BCUT2D eigenvalue weighted by Gasteiger charge is -2.20. The third-order valence-electron chi connectivity index (χ3n) is 5.67. The van der Waals surface area contributed by atoms with E-state index in [0.717, 1.165) is 27.3 Å². The van der Waals surface area contributed by atoms with Crippen molar-refractivity contribution < 1.29 is 29.0 Å². The number of amides is 3. The number of aliphatic carboxylic acids is 1. The van der Waals surface area contributed by atoms with Crippen LogP contribution in [0.5, 0.6) is 0 Å². The van der Waals surface area contributed by atoms with Crippen LogP contribution < -0.4 is 10.7 Å². The van der Waals surface area contributed by atoms with Gasteiger partial charge in [0.2, 0.25) is 11.8 Å². The van der Waals surface area contributed by atoms with Gasteiger partial charge in [-0.25, -0.2) is 14.6 Å². The van der Waals surface area contributed by atoms with Gasteiger partial charge >= 0.3 is 12.1 Å². The summed E-state index contributed by atoms with van der Waals surface area (Å²) in [5.74, 6) is -2.31. The summed E-state index contributed by atoms with van der Waals surface area (Å²) < 4.78 is 5.43. The second kappa shape index (κ2) is 9.09. The lowest BCUT2D eigenvalue weighted by atomic mass is 9.98. The average molecular weight is 437 g/mol. The predicted molar refractivity (Wildman–Crippen MR) is 113 cm³/mol. The predicted octanol–water partition coefficient (Wildman–Crippen LogP) is 2.02. The van der Waals surface area contributed by atoms with Gasteiger partial charge in [-0.05, 0) is 28.7 Å². The van der Waals surface area contributed by atoms with Crippen LogP contribution in [0.2, 0.25) is 0 Å². The van der Waals surface area contributed by atoms with E-state index in [-0.39, 0.29) is 38.3 Å². The van der Waals surface area contributed by atoms with Crippen molar-refractivity contribution in [3.8, 4) is 11.1 Å². The Kier molecular flexibility index (Phi) is 6.07. The number of ether oxygens (including phenoxy) is 1. The molecule has 9 heteroatoms. The fraction of sp³-hybridized carbons (Fsp3) is 0.304. The minimum Gasteiger partial charge on any atom is -0.480 e. The zero-order valence-corrected chi connectivity index (χ0v) is 17.2. The van der Waals surface area contributed by atoms with Crippen molar-refractivity contribution in [2.45, 2.75) is 31.2 Å². The highest BCUT2D eigenvalue weighted by molar-refractivity contribution is 5.93. The van der Waals surface area contributed by atoms with Crippen LogP contribution in [0.3, 0.4) is 0 Å². The van der Waals surface area contributed by atoms with Crippen molar-refractivity contribution in [1.29, 1.82) is 0 Å². The quantitative estimate of drug-likeness (QED) is 0.569. The van der Waals surface area contributed by atoms with Crippen LogP contribution in [0.15, 0.2) is 48.5 Å². The molecule has 1 unspecified atom stereocenters. The van der Waals surface area contributed by atoms with Crippen molar-refractivity contribution in [1.82, 2.24) is 15.8 Å². The first kappa shape index (κ1) is 21.4. The summed E-state index contributed by atoms with van der Waals surface area (Å²) in [6, 6.07) is 14.9. The van der Waals surface area contributed by atoms with Crippen LogP contribution in [-0.4, -0.2) is 53.2 Å². The molecule has 32 heavy (non-hydrogen) atoms. The topological polar surface area (TPSA) is 125 Å². The highest BCUT2D eigenvalue weighted by Gasteiger charge is 2.38. The number of carbonyl (C=O) groups is 4. The van der Waals surface area contributed by atoms with Crippen LogP contribution in [0.25, 0.3) is 11.1 Å². The van der Waals surface area contributed by atoms with E-state index >= 15 is 0 Å². The SMILES string of the molecule is O=C1CC(C(=O)O)N(C(=O)CCCNC(=O)OCC2c3ccccc3-c3ccccc32)N1. The molecule has 1 aliphatic carbocycles. The van der Waals surface area contributed by atoms with E-state index in [4.69, 9.17) is 9.84 Å². The number of carboxylic acid groups (broad SMARTS) is 1. The number of benzene rings is 2. The Morgan fingerprint density at radius 3 is 2.31 bits per heavy atom. The van der Waals surface area contributed by atoms with E-state index < -0.39 is 29.9 Å². The van der Waals surface area contributed by atoms with E-state index in [1.165, 1.54) is 0 Å². The Morgan fingerprint density at radius 1 is 1.06 bits per heavy atom. The molecule has 3 amide bonds. The number of fused-ring (bicyclic) bond motifs is 3. The molecule has 166 valence electrons. The first-order valence-electron chi connectivity index (χ1n) is 10.4. The molecular formula is C23H23N3O6. The average Bonchev–Trinajstić information content (AvgIpc) is 3.34. The molecule has 0 saturated carbocycles. The third-order valence-corrected chi connectivity index (χ3v) is 5.67. The van der Waals surface area contributed by atoms with Crippen molar-refractivity contribution in [2.24, 2.45) is 0 Å². The van der Waals surface area contributed by atoms with Gasteiger partial charge in [-0.1, -0.05) is 48.5 Å². The molecule has 0 bridgehead atoms. The molecule has 2 aromatic rings. The van der Waals surface area contributed by atoms with Gasteiger partial charge in [0.25, 0.3) is 0 Å². The van der Waals surface area contributed by atoms with Gasteiger partial charge in [-0.3, -0.25) is 15.0 Å². The van der Waals surface area contributed by atoms with Gasteiger partial charge < -0.3 is 15.2 Å². The summed E-state index contributed by atoms with van der Waals surface area (Å²) in [6.07, 6.45) is -0.591. The number of nitrogens with zero attached hydrogens (tertiary/aromatic N) is 1. The van der Waals surface area contributed by atoms with E-state index in [2.05, 4.69) is 22.9 Å².